The first-order chi connectivity index (χ1) is 15.7. The zero-order valence-corrected chi connectivity index (χ0v) is 18.8. The second-order valence-electron chi connectivity index (χ2n) is 7.98. The summed E-state index contributed by atoms with van der Waals surface area (Å²) >= 11 is 1.40. The Labute approximate surface area is 192 Å². The molecule has 0 N–H and O–H groups in total. The standard InChI is InChI=1S/C25H25N3O3S/c1-17-14-20(18-6-3-2-4-7-18)27-25(26-17)32-16-24(29)28-11-5-8-21(28)19-9-10-22-23(15-19)31-13-12-30-22/h2-4,6-7,9-10,14-15,21H,5,8,11-13,16H2,1H3/t21-/m0/s1. The Kier molecular flexibility index (Phi) is 5.99. The first kappa shape index (κ1) is 20.8. The van der Waals surface area contributed by atoms with Gasteiger partial charge in [-0.3, -0.25) is 4.79 Å². The Bertz CT molecular complexity index is 1120. The monoisotopic (exact) mass is 447 g/mol. The van der Waals surface area contributed by atoms with Gasteiger partial charge in [0.2, 0.25) is 5.91 Å². The fraction of sp³-hybridized carbons (Fsp3) is 0.320. The van der Waals surface area contributed by atoms with Crippen molar-refractivity contribution < 1.29 is 14.3 Å². The molecule has 0 aliphatic carbocycles. The number of amides is 1. The Balaban J connectivity index is 1.28. The van der Waals surface area contributed by atoms with E-state index < -0.39 is 0 Å². The summed E-state index contributed by atoms with van der Waals surface area (Å²) in [7, 11) is 0. The molecule has 0 radical (unpaired) electrons. The van der Waals surface area contributed by atoms with Crippen molar-refractivity contribution in [3.05, 3.63) is 65.9 Å². The van der Waals surface area contributed by atoms with Gasteiger partial charge in [0.15, 0.2) is 16.7 Å². The molecule has 164 valence electrons. The number of fused-ring (bicyclic) bond motifs is 1. The smallest absolute Gasteiger partial charge is 0.233 e. The van der Waals surface area contributed by atoms with Gasteiger partial charge in [0.25, 0.3) is 0 Å². The number of carbonyl (C=O) groups excluding carboxylic acids is 1. The molecule has 3 heterocycles. The number of carbonyl (C=O) groups is 1. The summed E-state index contributed by atoms with van der Waals surface area (Å²) in [4.78, 5) is 24.3. The van der Waals surface area contributed by atoms with Gasteiger partial charge in [-0.05, 0) is 43.5 Å². The molecule has 0 spiro atoms. The molecule has 2 aromatic carbocycles. The van der Waals surface area contributed by atoms with Gasteiger partial charge in [-0.1, -0.05) is 48.2 Å². The summed E-state index contributed by atoms with van der Waals surface area (Å²) < 4.78 is 11.4. The van der Waals surface area contributed by atoms with E-state index in [4.69, 9.17) is 9.47 Å². The number of hydrogen-bond acceptors (Lipinski definition) is 6. The number of ether oxygens (including phenoxy) is 2. The van der Waals surface area contributed by atoms with Crippen LogP contribution in [0.5, 0.6) is 11.5 Å². The molecule has 0 saturated carbocycles. The summed E-state index contributed by atoms with van der Waals surface area (Å²) in [5, 5.41) is 0.632. The largest absolute Gasteiger partial charge is 0.486 e. The van der Waals surface area contributed by atoms with Crippen molar-refractivity contribution in [3.63, 3.8) is 0 Å². The zero-order valence-electron chi connectivity index (χ0n) is 18.0. The average Bonchev–Trinajstić information content (AvgIpc) is 3.33. The van der Waals surface area contributed by atoms with Crippen LogP contribution in [0.15, 0.2) is 59.8 Å². The molecule has 3 aromatic rings. The second kappa shape index (κ2) is 9.20. The van der Waals surface area contributed by atoms with Crippen LogP contribution in [0.25, 0.3) is 11.3 Å². The molecule has 0 unspecified atom stereocenters. The minimum absolute atomic E-state index is 0.0669. The molecule has 2 aliphatic rings. The number of likely N-dealkylation sites (tertiary alicyclic amines) is 1. The molecule has 7 heteroatoms. The fourth-order valence-electron chi connectivity index (χ4n) is 4.25. The summed E-state index contributed by atoms with van der Waals surface area (Å²) in [5.41, 5.74) is 3.92. The minimum atomic E-state index is 0.0669. The van der Waals surface area contributed by atoms with Crippen LogP contribution in [0.3, 0.4) is 0 Å². The summed E-state index contributed by atoms with van der Waals surface area (Å²) in [6.45, 7) is 3.85. The third-order valence-corrected chi connectivity index (χ3v) is 6.58. The molecule has 1 aromatic heterocycles. The van der Waals surface area contributed by atoms with Crippen LogP contribution in [-0.2, 0) is 4.79 Å². The predicted molar refractivity (Wildman–Crippen MR) is 124 cm³/mol. The zero-order chi connectivity index (χ0) is 21.9. The van der Waals surface area contributed by atoms with Gasteiger partial charge in [0, 0.05) is 17.8 Å². The van der Waals surface area contributed by atoms with Crippen LogP contribution in [-0.4, -0.2) is 46.3 Å². The van der Waals surface area contributed by atoms with E-state index in [9.17, 15) is 4.79 Å². The quantitative estimate of drug-likeness (QED) is 0.418. The van der Waals surface area contributed by atoms with Crippen molar-refractivity contribution in [1.29, 1.82) is 0 Å². The van der Waals surface area contributed by atoms with E-state index in [2.05, 4.69) is 9.97 Å². The highest BCUT2D eigenvalue weighted by Crippen LogP contribution is 2.38. The maximum atomic E-state index is 13.1. The molecule has 1 atom stereocenters. The molecule has 0 bridgehead atoms. The molecular formula is C25H25N3O3S. The maximum absolute atomic E-state index is 13.1. The van der Waals surface area contributed by atoms with E-state index >= 15 is 0 Å². The Morgan fingerprint density at radius 3 is 2.72 bits per heavy atom. The number of aromatic nitrogens is 2. The van der Waals surface area contributed by atoms with Crippen molar-refractivity contribution in [2.24, 2.45) is 0 Å². The van der Waals surface area contributed by atoms with Crippen molar-refractivity contribution in [1.82, 2.24) is 14.9 Å². The summed E-state index contributed by atoms with van der Waals surface area (Å²) in [6, 6.07) is 18.1. The predicted octanol–water partition coefficient (Wildman–Crippen LogP) is 4.68. The van der Waals surface area contributed by atoms with Crippen molar-refractivity contribution >= 4 is 17.7 Å². The number of thioether (sulfide) groups is 1. The van der Waals surface area contributed by atoms with Gasteiger partial charge in [-0.15, -0.1) is 0 Å². The van der Waals surface area contributed by atoms with Crippen LogP contribution < -0.4 is 9.47 Å². The number of hydrogen-bond donors (Lipinski definition) is 0. The minimum Gasteiger partial charge on any atom is -0.486 e. The summed E-state index contributed by atoms with van der Waals surface area (Å²) in [5.74, 6) is 1.97. The Morgan fingerprint density at radius 2 is 1.88 bits per heavy atom. The molecule has 32 heavy (non-hydrogen) atoms. The molecule has 1 saturated heterocycles. The van der Waals surface area contributed by atoms with Gasteiger partial charge in [0.05, 0.1) is 17.5 Å². The lowest BCUT2D eigenvalue weighted by Gasteiger charge is -2.26. The van der Waals surface area contributed by atoms with E-state index in [1.807, 2.05) is 66.4 Å². The third-order valence-electron chi connectivity index (χ3n) is 5.75. The second-order valence-corrected chi connectivity index (χ2v) is 8.92. The van der Waals surface area contributed by atoms with E-state index in [1.165, 1.54) is 11.8 Å². The van der Waals surface area contributed by atoms with Crippen molar-refractivity contribution in [3.8, 4) is 22.8 Å². The molecule has 2 aliphatic heterocycles. The highest BCUT2D eigenvalue weighted by atomic mass is 32.2. The fourth-order valence-corrected chi connectivity index (χ4v) is 5.04. The first-order valence-electron chi connectivity index (χ1n) is 10.9. The molecule has 1 fully saturated rings. The normalized spacial score (nSPS) is 17.4. The SMILES string of the molecule is Cc1cc(-c2ccccc2)nc(SCC(=O)N2CCC[C@H]2c2ccc3c(c2)OCCO3)n1. The first-order valence-corrected chi connectivity index (χ1v) is 11.9. The van der Waals surface area contributed by atoms with Crippen molar-refractivity contribution in [2.45, 2.75) is 31.0 Å². The van der Waals surface area contributed by atoms with Gasteiger partial charge in [0.1, 0.15) is 13.2 Å². The number of nitrogens with zero attached hydrogens (tertiary/aromatic N) is 3. The van der Waals surface area contributed by atoms with Crippen LogP contribution >= 0.6 is 11.8 Å². The van der Waals surface area contributed by atoms with Crippen LogP contribution in [0, 0.1) is 6.92 Å². The van der Waals surface area contributed by atoms with E-state index in [0.29, 0.717) is 24.1 Å². The van der Waals surface area contributed by atoms with E-state index in [0.717, 1.165) is 53.4 Å². The molecular weight excluding hydrogens is 422 g/mol. The van der Waals surface area contributed by atoms with Crippen LogP contribution in [0.2, 0.25) is 0 Å². The van der Waals surface area contributed by atoms with Gasteiger partial charge in [-0.25, -0.2) is 9.97 Å². The number of rotatable bonds is 5. The average molecular weight is 448 g/mol. The molecule has 5 rings (SSSR count). The number of benzene rings is 2. The van der Waals surface area contributed by atoms with Crippen LogP contribution in [0.1, 0.15) is 30.1 Å². The van der Waals surface area contributed by atoms with Gasteiger partial charge >= 0.3 is 0 Å². The van der Waals surface area contributed by atoms with Gasteiger partial charge in [-0.2, -0.15) is 0 Å². The van der Waals surface area contributed by atoms with Crippen molar-refractivity contribution in [2.75, 3.05) is 25.5 Å². The van der Waals surface area contributed by atoms with E-state index in [-0.39, 0.29) is 11.9 Å². The lowest BCUT2D eigenvalue weighted by molar-refractivity contribution is -0.129. The molecule has 6 nitrogen and oxygen atoms in total. The third kappa shape index (κ3) is 4.43. The van der Waals surface area contributed by atoms with Gasteiger partial charge < -0.3 is 14.4 Å². The molecule has 1 amide bonds. The Hall–Kier alpha value is -3.06. The topological polar surface area (TPSA) is 64.6 Å². The summed E-state index contributed by atoms with van der Waals surface area (Å²) in [6.07, 6.45) is 1.95. The number of aryl methyl sites for hydroxylation is 1. The van der Waals surface area contributed by atoms with E-state index in [1.54, 1.807) is 0 Å². The highest BCUT2D eigenvalue weighted by Gasteiger charge is 2.31. The lowest BCUT2D eigenvalue weighted by atomic mass is 10.0. The Morgan fingerprint density at radius 1 is 1.06 bits per heavy atom. The van der Waals surface area contributed by atoms with Crippen LogP contribution in [0.4, 0.5) is 0 Å². The lowest BCUT2D eigenvalue weighted by Crippen LogP contribution is -2.32. The highest BCUT2D eigenvalue weighted by molar-refractivity contribution is 7.99. The maximum Gasteiger partial charge on any atom is 0.233 e.